The van der Waals surface area contributed by atoms with Crippen LogP contribution in [0.15, 0.2) is 6.07 Å². The number of rotatable bonds is 4. The van der Waals surface area contributed by atoms with Crippen molar-refractivity contribution in [2.75, 3.05) is 17.6 Å². The van der Waals surface area contributed by atoms with Crippen molar-refractivity contribution >= 4 is 16.0 Å². The Balaban J connectivity index is 2.58. The maximum atomic E-state index is 10.7. The van der Waals surface area contributed by atoms with Crippen molar-refractivity contribution in [3.05, 3.63) is 17.5 Å². The molecule has 0 saturated carbocycles. The lowest BCUT2D eigenvalue weighted by Crippen LogP contribution is -2.23. The fourth-order valence-electron chi connectivity index (χ4n) is 1.11. The van der Waals surface area contributed by atoms with Crippen molar-refractivity contribution in [2.45, 2.75) is 13.8 Å². The monoisotopic (exact) mass is 230 g/mol. The van der Waals surface area contributed by atoms with Gasteiger partial charge in [0.05, 0.1) is 5.75 Å². The van der Waals surface area contributed by atoms with Crippen LogP contribution in [0.4, 0.5) is 5.95 Å². The molecule has 0 aromatic carbocycles. The lowest BCUT2D eigenvalue weighted by Gasteiger charge is -2.05. The molecule has 0 bridgehead atoms. The largest absolute Gasteiger partial charge is 0.353 e. The zero-order valence-electron chi connectivity index (χ0n) is 8.69. The van der Waals surface area contributed by atoms with Gasteiger partial charge in [-0.25, -0.2) is 23.5 Å². The van der Waals surface area contributed by atoms with Crippen LogP contribution in [-0.2, 0) is 10.0 Å². The molecular formula is C8H14N4O2S. The van der Waals surface area contributed by atoms with E-state index in [9.17, 15) is 8.42 Å². The highest BCUT2D eigenvalue weighted by Gasteiger charge is 2.03. The maximum absolute atomic E-state index is 10.7. The molecule has 0 unspecified atom stereocenters. The SMILES string of the molecule is Cc1cc(C)nc(NCCS(N)(=O)=O)n1. The van der Waals surface area contributed by atoms with Gasteiger partial charge < -0.3 is 5.32 Å². The highest BCUT2D eigenvalue weighted by atomic mass is 32.2. The van der Waals surface area contributed by atoms with Crippen LogP contribution in [0.5, 0.6) is 0 Å². The fourth-order valence-corrected chi connectivity index (χ4v) is 1.50. The molecule has 0 spiro atoms. The van der Waals surface area contributed by atoms with Gasteiger partial charge in [0.1, 0.15) is 0 Å². The summed E-state index contributed by atoms with van der Waals surface area (Å²) >= 11 is 0. The Hall–Kier alpha value is -1.21. The highest BCUT2D eigenvalue weighted by Crippen LogP contribution is 2.02. The topological polar surface area (TPSA) is 98.0 Å². The van der Waals surface area contributed by atoms with Gasteiger partial charge >= 0.3 is 0 Å². The smallest absolute Gasteiger partial charge is 0.223 e. The van der Waals surface area contributed by atoms with Crippen LogP contribution in [0.2, 0.25) is 0 Å². The minimum Gasteiger partial charge on any atom is -0.353 e. The molecule has 0 saturated heterocycles. The molecule has 7 heteroatoms. The van der Waals surface area contributed by atoms with Gasteiger partial charge in [-0.05, 0) is 19.9 Å². The number of hydrogen-bond donors (Lipinski definition) is 2. The Labute approximate surface area is 89.0 Å². The first-order valence-corrected chi connectivity index (χ1v) is 6.15. The first kappa shape index (κ1) is 11.9. The number of hydrogen-bond acceptors (Lipinski definition) is 5. The van der Waals surface area contributed by atoms with Crippen molar-refractivity contribution in [1.82, 2.24) is 9.97 Å². The molecule has 6 nitrogen and oxygen atoms in total. The van der Waals surface area contributed by atoms with Crippen LogP contribution in [-0.4, -0.2) is 30.7 Å². The van der Waals surface area contributed by atoms with E-state index in [4.69, 9.17) is 5.14 Å². The molecule has 1 aromatic rings. The summed E-state index contributed by atoms with van der Waals surface area (Å²) in [5.74, 6) is 0.291. The average Bonchev–Trinajstić information content (AvgIpc) is 1.99. The van der Waals surface area contributed by atoms with E-state index in [2.05, 4.69) is 15.3 Å². The Morgan fingerprint density at radius 3 is 2.33 bits per heavy atom. The standard InChI is InChI=1S/C8H14N4O2S/c1-6-5-7(2)12-8(11-6)10-3-4-15(9,13)14/h5H,3-4H2,1-2H3,(H2,9,13,14)(H,10,11,12). The van der Waals surface area contributed by atoms with Crippen LogP contribution in [0.3, 0.4) is 0 Å². The van der Waals surface area contributed by atoms with Crippen molar-refractivity contribution in [2.24, 2.45) is 5.14 Å². The van der Waals surface area contributed by atoms with E-state index in [-0.39, 0.29) is 12.3 Å². The van der Waals surface area contributed by atoms with Gasteiger partial charge in [0.15, 0.2) is 0 Å². The van der Waals surface area contributed by atoms with Gasteiger partial charge in [-0.1, -0.05) is 0 Å². The third kappa shape index (κ3) is 4.71. The minimum atomic E-state index is -3.43. The van der Waals surface area contributed by atoms with Crippen molar-refractivity contribution in [3.63, 3.8) is 0 Å². The molecule has 1 aromatic heterocycles. The number of primary sulfonamides is 1. The molecule has 0 aliphatic carbocycles. The van der Waals surface area contributed by atoms with Gasteiger partial charge in [-0.15, -0.1) is 0 Å². The second-order valence-electron chi connectivity index (χ2n) is 3.27. The van der Waals surface area contributed by atoms with Gasteiger partial charge in [0.2, 0.25) is 16.0 Å². The summed E-state index contributed by atoms with van der Waals surface area (Å²) in [6, 6.07) is 1.84. The number of nitrogens with zero attached hydrogens (tertiary/aromatic N) is 2. The van der Waals surface area contributed by atoms with Gasteiger partial charge in [-0.2, -0.15) is 0 Å². The molecule has 3 N–H and O–H groups in total. The lowest BCUT2D eigenvalue weighted by atomic mass is 10.4. The molecule has 0 radical (unpaired) electrons. The summed E-state index contributed by atoms with van der Waals surface area (Å²) in [5.41, 5.74) is 1.67. The number of aromatic nitrogens is 2. The predicted octanol–water partition coefficient (Wildman–Crippen LogP) is -0.206. The summed E-state index contributed by atoms with van der Waals surface area (Å²) in [7, 11) is -3.43. The van der Waals surface area contributed by atoms with Crippen LogP contribution in [0.25, 0.3) is 0 Å². The summed E-state index contributed by atoms with van der Waals surface area (Å²) in [5, 5.41) is 7.65. The van der Waals surface area contributed by atoms with Gasteiger partial charge in [0.25, 0.3) is 0 Å². The molecule has 0 aliphatic heterocycles. The molecule has 0 amide bonds. The van der Waals surface area contributed by atoms with Crippen molar-refractivity contribution < 1.29 is 8.42 Å². The molecular weight excluding hydrogens is 216 g/mol. The summed E-state index contributed by atoms with van der Waals surface area (Å²) in [6.45, 7) is 3.90. The first-order valence-electron chi connectivity index (χ1n) is 4.43. The summed E-state index contributed by atoms with van der Waals surface area (Å²) in [6.07, 6.45) is 0. The molecule has 1 heterocycles. The van der Waals surface area contributed by atoms with E-state index in [1.54, 1.807) is 0 Å². The molecule has 15 heavy (non-hydrogen) atoms. The highest BCUT2D eigenvalue weighted by molar-refractivity contribution is 7.89. The van der Waals surface area contributed by atoms with Crippen LogP contribution < -0.4 is 10.5 Å². The Morgan fingerprint density at radius 1 is 1.33 bits per heavy atom. The number of nitrogens with two attached hydrogens (primary N) is 1. The molecule has 0 aliphatic rings. The lowest BCUT2D eigenvalue weighted by molar-refractivity contribution is 0.598. The zero-order valence-corrected chi connectivity index (χ0v) is 9.50. The third-order valence-electron chi connectivity index (χ3n) is 1.65. The Morgan fingerprint density at radius 2 is 1.87 bits per heavy atom. The van der Waals surface area contributed by atoms with Crippen molar-refractivity contribution in [1.29, 1.82) is 0 Å². The second-order valence-corrected chi connectivity index (χ2v) is 5.00. The molecule has 1 rings (SSSR count). The minimum absolute atomic E-state index is 0.136. The number of anilines is 1. The maximum Gasteiger partial charge on any atom is 0.223 e. The van der Waals surface area contributed by atoms with Crippen LogP contribution in [0, 0.1) is 13.8 Å². The predicted molar refractivity (Wildman–Crippen MR) is 58.0 cm³/mol. The Bertz CT molecular complexity index is 424. The number of sulfonamides is 1. The number of aryl methyl sites for hydroxylation is 2. The van der Waals surface area contributed by atoms with E-state index in [0.717, 1.165) is 11.4 Å². The average molecular weight is 230 g/mol. The van der Waals surface area contributed by atoms with E-state index in [1.807, 2.05) is 19.9 Å². The molecule has 84 valence electrons. The van der Waals surface area contributed by atoms with Crippen LogP contribution >= 0.6 is 0 Å². The van der Waals surface area contributed by atoms with E-state index < -0.39 is 10.0 Å². The Kier molecular flexibility index (Phi) is 3.59. The van der Waals surface area contributed by atoms with E-state index in [0.29, 0.717) is 5.95 Å². The van der Waals surface area contributed by atoms with Gasteiger partial charge in [-0.3, -0.25) is 0 Å². The van der Waals surface area contributed by atoms with E-state index in [1.165, 1.54) is 0 Å². The molecule has 0 fully saturated rings. The number of nitrogens with one attached hydrogen (secondary N) is 1. The fraction of sp³-hybridized carbons (Fsp3) is 0.500. The zero-order chi connectivity index (χ0) is 11.5. The first-order chi connectivity index (χ1) is 6.87. The molecule has 0 atom stereocenters. The van der Waals surface area contributed by atoms with Crippen molar-refractivity contribution in [3.8, 4) is 0 Å². The van der Waals surface area contributed by atoms with Crippen LogP contribution in [0.1, 0.15) is 11.4 Å². The summed E-state index contributed by atoms with van der Waals surface area (Å²) in [4.78, 5) is 8.19. The van der Waals surface area contributed by atoms with Gasteiger partial charge in [0, 0.05) is 17.9 Å². The normalized spacial score (nSPS) is 11.4. The van der Waals surface area contributed by atoms with E-state index >= 15 is 0 Å². The second kappa shape index (κ2) is 4.54. The quantitative estimate of drug-likeness (QED) is 0.746. The third-order valence-corrected chi connectivity index (χ3v) is 2.43. The summed E-state index contributed by atoms with van der Waals surface area (Å²) < 4.78 is 21.3.